The van der Waals surface area contributed by atoms with Crippen LogP contribution in [0.5, 0.6) is 0 Å². The molecule has 16 heavy (non-hydrogen) atoms. The molecule has 0 saturated heterocycles. The van der Waals surface area contributed by atoms with Gasteiger partial charge in [0.1, 0.15) is 0 Å². The lowest BCUT2D eigenvalue weighted by Crippen LogP contribution is -2.41. The summed E-state index contributed by atoms with van der Waals surface area (Å²) in [6.07, 6.45) is -0.784. The van der Waals surface area contributed by atoms with Gasteiger partial charge >= 0.3 is 0 Å². The molecular weight excluding hydrogens is 230 g/mol. The second kappa shape index (κ2) is 5.56. The van der Waals surface area contributed by atoms with Gasteiger partial charge < -0.3 is 9.53 Å². The molecule has 0 fully saturated rings. The predicted octanol–water partition coefficient (Wildman–Crippen LogP) is 3.42. The van der Waals surface area contributed by atoms with Crippen LogP contribution in [-0.4, -0.2) is 32.6 Å². The van der Waals surface area contributed by atoms with Crippen molar-refractivity contribution in [1.29, 1.82) is 0 Å². The Hall–Kier alpha value is -0.00312. The molecule has 0 heterocycles. The van der Waals surface area contributed by atoms with Crippen molar-refractivity contribution in [2.75, 3.05) is 13.2 Å². The van der Waals surface area contributed by atoms with Crippen molar-refractivity contribution in [1.82, 2.24) is 0 Å². The van der Waals surface area contributed by atoms with E-state index in [1.165, 1.54) is 0 Å². The van der Waals surface area contributed by atoms with Gasteiger partial charge in [-0.15, -0.1) is 0 Å². The molecule has 0 aliphatic carbocycles. The Morgan fingerprint density at radius 3 is 2.00 bits per heavy atom. The molecule has 0 rings (SSSR count). The molecule has 0 atom stereocenters. The first-order valence-electron chi connectivity index (χ1n) is 5.64. The molecule has 98 valence electrons. The maximum absolute atomic E-state index is 13.1. The summed E-state index contributed by atoms with van der Waals surface area (Å²) < 4.78 is 31.8. The van der Waals surface area contributed by atoms with Gasteiger partial charge in [-0.25, -0.2) is 8.78 Å². The summed E-state index contributed by atoms with van der Waals surface area (Å²) in [5, 5.41) is 8.52. The van der Waals surface area contributed by atoms with Gasteiger partial charge in [0, 0.05) is 26.1 Å². The van der Waals surface area contributed by atoms with Crippen LogP contribution in [0.1, 0.15) is 33.6 Å². The van der Waals surface area contributed by atoms with Gasteiger partial charge in [-0.3, -0.25) is 0 Å². The van der Waals surface area contributed by atoms with Gasteiger partial charge in [-0.2, -0.15) is 0 Å². The number of hydrogen-bond acceptors (Lipinski definition) is 2. The van der Waals surface area contributed by atoms with Gasteiger partial charge in [-0.1, -0.05) is 20.8 Å². The fourth-order valence-corrected chi connectivity index (χ4v) is 2.01. The molecule has 0 aromatic heterocycles. The van der Waals surface area contributed by atoms with Crippen molar-refractivity contribution in [2.24, 2.45) is 0 Å². The lowest BCUT2D eigenvalue weighted by Gasteiger charge is -2.36. The lowest BCUT2D eigenvalue weighted by atomic mass is 10.2. The van der Waals surface area contributed by atoms with E-state index in [1.54, 1.807) is 0 Å². The number of halogens is 2. The Labute approximate surface area is 98.1 Å². The summed E-state index contributed by atoms with van der Waals surface area (Å²) in [5.74, 6) is -2.81. The number of hydrogen-bond donors (Lipinski definition) is 1. The summed E-state index contributed by atoms with van der Waals surface area (Å²) >= 11 is 0. The van der Waals surface area contributed by atoms with E-state index in [2.05, 4.69) is 20.8 Å². The van der Waals surface area contributed by atoms with E-state index in [4.69, 9.17) is 9.53 Å². The average molecular weight is 254 g/mol. The third-order valence-electron chi connectivity index (χ3n) is 3.21. The lowest BCUT2D eigenvalue weighted by molar-refractivity contribution is -0.0388. The van der Waals surface area contributed by atoms with E-state index in [-0.39, 0.29) is 18.1 Å². The van der Waals surface area contributed by atoms with Gasteiger partial charge in [0.25, 0.3) is 5.92 Å². The molecule has 0 spiro atoms. The van der Waals surface area contributed by atoms with Crippen molar-refractivity contribution in [3.05, 3.63) is 0 Å². The van der Waals surface area contributed by atoms with E-state index in [9.17, 15) is 8.78 Å². The summed E-state index contributed by atoms with van der Waals surface area (Å²) in [6.45, 7) is 9.90. The van der Waals surface area contributed by atoms with E-state index in [0.29, 0.717) is 0 Å². The van der Waals surface area contributed by atoms with Gasteiger partial charge in [0.05, 0.1) is 0 Å². The normalized spacial score (nSPS) is 14.2. The Morgan fingerprint density at radius 1 is 1.12 bits per heavy atom. The van der Waals surface area contributed by atoms with Crippen molar-refractivity contribution in [3.63, 3.8) is 0 Å². The molecule has 1 N–H and O–H groups in total. The van der Waals surface area contributed by atoms with E-state index in [1.807, 2.05) is 13.1 Å². The van der Waals surface area contributed by atoms with Crippen molar-refractivity contribution in [2.45, 2.75) is 57.7 Å². The minimum atomic E-state index is -2.81. The highest BCUT2D eigenvalue weighted by Crippen LogP contribution is 2.37. The highest BCUT2D eigenvalue weighted by Gasteiger charge is 2.38. The number of rotatable bonds is 6. The van der Waals surface area contributed by atoms with Crippen LogP contribution in [0.4, 0.5) is 8.78 Å². The molecule has 0 saturated carbocycles. The molecular formula is C11H24F2O2Si. The maximum Gasteiger partial charge on any atom is 0.252 e. The van der Waals surface area contributed by atoms with E-state index < -0.39 is 27.3 Å². The largest absolute Gasteiger partial charge is 0.417 e. The molecule has 0 aromatic carbocycles. The van der Waals surface area contributed by atoms with Crippen LogP contribution < -0.4 is 0 Å². The first kappa shape index (κ1) is 16.0. The Bertz CT molecular complexity index is 213. The third-order valence-corrected chi connectivity index (χ3v) is 7.75. The first-order chi connectivity index (χ1) is 7.02. The van der Waals surface area contributed by atoms with Crippen LogP contribution in [-0.2, 0) is 4.43 Å². The molecule has 0 aliphatic rings. The Kier molecular flexibility index (Phi) is 5.55. The van der Waals surface area contributed by atoms with Crippen molar-refractivity contribution >= 4 is 8.32 Å². The third kappa shape index (κ3) is 5.36. The molecule has 5 heteroatoms. The molecule has 0 radical (unpaired) electrons. The van der Waals surface area contributed by atoms with Crippen molar-refractivity contribution in [3.8, 4) is 0 Å². The first-order valence-corrected chi connectivity index (χ1v) is 8.55. The highest BCUT2D eigenvalue weighted by atomic mass is 28.4. The molecule has 0 aromatic rings. The van der Waals surface area contributed by atoms with Gasteiger partial charge in [0.15, 0.2) is 8.32 Å². The van der Waals surface area contributed by atoms with Crippen LogP contribution in [0.2, 0.25) is 18.1 Å². The van der Waals surface area contributed by atoms with E-state index in [0.717, 1.165) is 0 Å². The maximum atomic E-state index is 13.1. The number of aliphatic hydroxyl groups is 1. The van der Waals surface area contributed by atoms with Gasteiger partial charge in [-0.05, 0) is 18.1 Å². The molecule has 2 nitrogen and oxygen atoms in total. The number of aliphatic hydroxyl groups excluding tert-OH is 1. The Morgan fingerprint density at radius 2 is 1.62 bits per heavy atom. The van der Waals surface area contributed by atoms with Crippen LogP contribution in [0.3, 0.4) is 0 Å². The topological polar surface area (TPSA) is 29.5 Å². The van der Waals surface area contributed by atoms with Crippen LogP contribution >= 0.6 is 0 Å². The monoisotopic (exact) mass is 254 g/mol. The highest BCUT2D eigenvalue weighted by molar-refractivity contribution is 6.74. The van der Waals surface area contributed by atoms with Crippen LogP contribution in [0, 0.1) is 0 Å². The molecule has 0 aliphatic heterocycles. The average Bonchev–Trinajstić information content (AvgIpc) is 2.00. The zero-order valence-corrected chi connectivity index (χ0v) is 11.9. The molecule has 0 bridgehead atoms. The smallest absolute Gasteiger partial charge is 0.252 e. The van der Waals surface area contributed by atoms with Crippen LogP contribution in [0.25, 0.3) is 0 Å². The summed E-state index contributed by atoms with van der Waals surface area (Å²) in [7, 11) is -1.92. The minimum absolute atomic E-state index is 0.0409. The standard InChI is InChI=1S/C11H24F2O2Si/c1-10(2,3)16(4,5)15-9-7-11(12,13)6-8-14/h14H,6-9H2,1-5H3. The predicted molar refractivity (Wildman–Crippen MR) is 64.4 cm³/mol. The Balaban J connectivity index is 4.08. The SMILES string of the molecule is CC(C)(C)[Si](C)(C)OCCC(F)(F)CCO. The van der Waals surface area contributed by atoms with Crippen molar-refractivity contribution < 1.29 is 18.3 Å². The fourth-order valence-electron chi connectivity index (χ4n) is 0.961. The second-order valence-electron chi connectivity index (χ2n) is 5.69. The molecule has 0 unspecified atom stereocenters. The summed E-state index contributed by atoms with van der Waals surface area (Å²) in [4.78, 5) is 0. The zero-order chi connectivity index (χ0) is 13.0. The second-order valence-corrected chi connectivity index (χ2v) is 10.5. The summed E-state index contributed by atoms with van der Waals surface area (Å²) in [5.41, 5.74) is 0. The quantitative estimate of drug-likeness (QED) is 0.736. The van der Waals surface area contributed by atoms with Crippen LogP contribution in [0.15, 0.2) is 0 Å². The van der Waals surface area contributed by atoms with E-state index >= 15 is 0 Å². The zero-order valence-electron chi connectivity index (χ0n) is 10.9. The van der Waals surface area contributed by atoms with Gasteiger partial charge in [0.2, 0.25) is 0 Å². The fraction of sp³-hybridized carbons (Fsp3) is 1.00. The number of alkyl halides is 2. The summed E-state index contributed by atoms with van der Waals surface area (Å²) in [6, 6.07) is 0. The molecule has 0 amide bonds. The minimum Gasteiger partial charge on any atom is -0.417 e.